The van der Waals surface area contributed by atoms with Crippen molar-refractivity contribution in [2.45, 2.75) is 89.3 Å². The third-order valence-electron chi connectivity index (χ3n) is 5.90. The van der Waals surface area contributed by atoms with Crippen LogP contribution in [0.25, 0.3) is 0 Å². The molecule has 3 unspecified atom stereocenters. The van der Waals surface area contributed by atoms with Gasteiger partial charge in [0.1, 0.15) is 0 Å². The minimum atomic E-state index is 0.787. The molecule has 0 aromatic heterocycles. The van der Waals surface area contributed by atoms with E-state index in [1.807, 2.05) is 0 Å². The van der Waals surface area contributed by atoms with Crippen LogP contribution in [0.2, 0.25) is 0 Å². The van der Waals surface area contributed by atoms with E-state index in [1.165, 1.54) is 77.3 Å². The van der Waals surface area contributed by atoms with Gasteiger partial charge in [0.25, 0.3) is 0 Å². The maximum Gasteiger partial charge on any atom is 0.0201 e. The normalized spacial score (nSPS) is 36.6. The summed E-state index contributed by atoms with van der Waals surface area (Å²) in [6.45, 7) is 4.92. The molecule has 1 aliphatic heterocycles. The van der Waals surface area contributed by atoms with Gasteiger partial charge >= 0.3 is 0 Å². The van der Waals surface area contributed by atoms with E-state index < -0.39 is 0 Å². The number of nitrogens with zero attached hydrogens (tertiary/aromatic N) is 1. The van der Waals surface area contributed by atoms with Gasteiger partial charge in [-0.25, -0.2) is 0 Å². The molecule has 3 rings (SSSR count). The molecule has 1 heterocycles. The fourth-order valence-electron chi connectivity index (χ4n) is 4.84. The van der Waals surface area contributed by atoms with Gasteiger partial charge in [-0.1, -0.05) is 39.0 Å². The Hall–Kier alpha value is -0.0800. The Balaban J connectivity index is 1.51. The summed E-state index contributed by atoms with van der Waals surface area (Å²) < 4.78 is 0. The van der Waals surface area contributed by atoms with Gasteiger partial charge in [0, 0.05) is 24.7 Å². The van der Waals surface area contributed by atoms with E-state index in [-0.39, 0.29) is 0 Å². The van der Waals surface area contributed by atoms with Crippen LogP contribution in [0.4, 0.5) is 0 Å². The van der Waals surface area contributed by atoms with E-state index >= 15 is 0 Å². The Morgan fingerprint density at radius 1 is 0.947 bits per heavy atom. The zero-order valence-electron chi connectivity index (χ0n) is 12.7. The first-order valence-corrected chi connectivity index (χ1v) is 8.87. The Morgan fingerprint density at radius 2 is 1.68 bits per heavy atom. The Kier molecular flexibility index (Phi) is 4.81. The largest absolute Gasteiger partial charge is 0.310 e. The molecular weight excluding hydrogens is 232 g/mol. The highest BCUT2D eigenvalue weighted by Gasteiger charge is 2.36. The molecule has 110 valence electrons. The highest BCUT2D eigenvalue weighted by atomic mass is 15.2. The first-order chi connectivity index (χ1) is 9.36. The van der Waals surface area contributed by atoms with Crippen LogP contribution in [0.5, 0.6) is 0 Å². The van der Waals surface area contributed by atoms with Crippen molar-refractivity contribution in [2.75, 3.05) is 13.1 Å². The number of fused-ring (bicyclic) bond motifs is 1. The van der Waals surface area contributed by atoms with Gasteiger partial charge in [0.2, 0.25) is 0 Å². The van der Waals surface area contributed by atoms with Gasteiger partial charge in [-0.3, -0.25) is 4.90 Å². The van der Waals surface area contributed by atoms with Crippen molar-refractivity contribution in [3.8, 4) is 0 Å². The van der Waals surface area contributed by atoms with Crippen LogP contribution in [0.1, 0.15) is 71.1 Å². The lowest BCUT2D eigenvalue weighted by Gasteiger charge is -2.35. The van der Waals surface area contributed by atoms with Crippen LogP contribution >= 0.6 is 0 Å². The molecule has 0 spiro atoms. The molecule has 0 radical (unpaired) electrons. The second-order valence-corrected chi connectivity index (χ2v) is 7.13. The number of rotatable bonds is 4. The molecular formula is C17H32N2. The Morgan fingerprint density at radius 3 is 2.42 bits per heavy atom. The maximum atomic E-state index is 3.96. The molecule has 2 heteroatoms. The fraction of sp³-hybridized carbons (Fsp3) is 1.00. The van der Waals surface area contributed by atoms with Gasteiger partial charge in [-0.05, 0) is 44.6 Å². The molecule has 0 bridgehead atoms. The van der Waals surface area contributed by atoms with Crippen molar-refractivity contribution in [1.29, 1.82) is 0 Å². The standard InChI is InChI=1S/C17H32N2/c1-2-19(16-9-4-3-5-10-16)13-15-12-14-8-6-7-11-17(14)18-15/h14-18H,2-13H2,1H3. The molecule has 19 heavy (non-hydrogen) atoms. The molecule has 1 saturated heterocycles. The predicted molar refractivity (Wildman–Crippen MR) is 81.4 cm³/mol. The average Bonchev–Trinajstić information content (AvgIpc) is 2.88. The summed E-state index contributed by atoms with van der Waals surface area (Å²) in [5.74, 6) is 1.00. The minimum Gasteiger partial charge on any atom is -0.310 e. The monoisotopic (exact) mass is 264 g/mol. The summed E-state index contributed by atoms with van der Waals surface area (Å²) >= 11 is 0. The van der Waals surface area contributed by atoms with Gasteiger partial charge in [0.05, 0.1) is 0 Å². The molecule has 0 aromatic carbocycles. The number of hydrogen-bond acceptors (Lipinski definition) is 2. The second kappa shape index (κ2) is 6.58. The fourth-order valence-corrected chi connectivity index (χ4v) is 4.84. The zero-order valence-corrected chi connectivity index (χ0v) is 12.7. The Bertz CT molecular complexity index is 258. The molecule has 2 nitrogen and oxygen atoms in total. The van der Waals surface area contributed by atoms with Crippen LogP contribution in [-0.4, -0.2) is 36.1 Å². The highest BCUT2D eigenvalue weighted by molar-refractivity contribution is 4.94. The maximum absolute atomic E-state index is 3.96. The van der Waals surface area contributed by atoms with Crippen molar-refractivity contribution < 1.29 is 0 Å². The molecule has 2 saturated carbocycles. The number of hydrogen-bond donors (Lipinski definition) is 1. The van der Waals surface area contributed by atoms with Crippen LogP contribution in [0.3, 0.4) is 0 Å². The third kappa shape index (κ3) is 3.33. The molecule has 1 N–H and O–H groups in total. The first kappa shape index (κ1) is 13.9. The van der Waals surface area contributed by atoms with Crippen molar-refractivity contribution in [3.05, 3.63) is 0 Å². The van der Waals surface area contributed by atoms with Crippen molar-refractivity contribution in [1.82, 2.24) is 10.2 Å². The van der Waals surface area contributed by atoms with Crippen molar-refractivity contribution >= 4 is 0 Å². The second-order valence-electron chi connectivity index (χ2n) is 7.13. The summed E-state index contributed by atoms with van der Waals surface area (Å²) in [4.78, 5) is 2.79. The lowest BCUT2D eigenvalue weighted by atomic mass is 9.85. The third-order valence-corrected chi connectivity index (χ3v) is 5.90. The molecule has 3 fully saturated rings. The van der Waals surface area contributed by atoms with E-state index in [1.54, 1.807) is 0 Å². The zero-order chi connectivity index (χ0) is 13.1. The van der Waals surface area contributed by atoms with Crippen molar-refractivity contribution in [2.24, 2.45) is 5.92 Å². The van der Waals surface area contributed by atoms with E-state index in [4.69, 9.17) is 0 Å². The number of nitrogens with one attached hydrogen (secondary N) is 1. The van der Waals surface area contributed by atoms with E-state index in [0.29, 0.717) is 0 Å². The van der Waals surface area contributed by atoms with E-state index in [2.05, 4.69) is 17.1 Å². The van der Waals surface area contributed by atoms with Crippen LogP contribution in [0, 0.1) is 5.92 Å². The van der Waals surface area contributed by atoms with Gasteiger partial charge in [0.15, 0.2) is 0 Å². The average molecular weight is 264 g/mol. The minimum absolute atomic E-state index is 0.787. The Labute approximate surface area is 119 Å². The number of likely N-dealkylation sites (N-methyl/N-ethyl adjacent to an activating group) is 1. The van der Waals surface area contributed by atoms with Crippen molar-refractivity contribution in [3.63, 3.8) is 0 Å². The van der Waals surface area contributed by atoms with E-state index in [9.17, 15) is 0 Å². The summed E-state index contributed by atoms with van der Waals surface area (Å²) in [6, 6.07) is 2.54. The van der Waals surface area contributed by atoms with Crippen LogP contribution < -0.4 is 5.32 Å². The van der Waals surface area contributed by atoms with Gasteiger partial charge in [-0.15, -0.1) is 0 Å². The summed E-state index contributed by atoms with van der Waals surface area (Å²) in [7, 11) is 0. The predicted octanol–water partition coefficient (Wildman–Crippen LogP) is 3.56. The van der Waals surface area contributed by atoms with Gasteiger partial charge in [-0.2, -0.15) is 0 Å². The quantitative estimate of drug-likeness (QED) is 0.835. The van der Waals surface area contributed by atoms with E-state index in [0.717, 1.165) is 24.0 Å². The first-order valence-electron chi connectivity index (χ1n) is 8.87. The molecule has 3 aliphatic rings. The SMILES string of the molecule is CCN(CC1CC2CCCCC2N1)C1CCCCC1. The van der Waals surface area contributed by atoms with Crippen LogP contribution in [-0.2, 0) is 0 Å². The smallest absolute Gasteiger partial charge is 0.0201 e. The van der Waals surface area contributed by atoms with Gasteiger partial charge < -0.3 is 5.32 Å². The topological polar surface area (TPSA) is 15.3 Å². The molecule has 2 aliphatic carbocycles. The summed E-state index contributed by atoms with van der Waals surface area (Å²) in [5.41, 5.74) is 0. The lowest BCUT2D eigenvalue weighted by Crippen LogP contribution is -2.45. The molecule has 3 atom stereocenters. The molecule has 0 amide bonds. The summed E-state index contributed by atoms with van der Waals surface area (Å²) in [6.07, 6.45) is 14.6. The highest BCUT2D eigenvalue weighted by Crippen LogP contribution is 2.34. The van der Waals surface area contributed by atoms with Crippen LogP contribution in [0.15, 0.2) is 0 Å². The molecule has 0 aromatic rings. The lowest BCUT2D eigenvalue weighted by molar-refractivity contribution is 0.150. The summed E-state index contributed by atoms with van der Waals surface area (Å²) in [5, 5.41) is 3.96.